The maximum absolute atomic E-state index is 11.9. The molecule has 1 atom stereocenters. The molecule has 7 nitrogen and oxygen atoms in total. The molecule has 22 heavy (non-hydrogen) atoms. The van der Waals surface area contributed by atoms with E-state index in [2.05, 4.69) is 22.5 Å². The summed E-state index contributed by atoms with van der Waals surface area (Å²) in [6, 6.07) is 6.32. The molecule has 3 amide bonds. The molecule has 7 heteroatoms. The van der Waals surface area contributed by atoms with Gasteiger partial charge in [-0.05, 0) is 19.1 Å². The summed E-state index contributed by atoms with van der Waals surface area (Å²) in [5.74, 6) is -2.19. The summed E-state index contributed by atoms with van der Waals surface area (Å²) in [5, 5.41) is 16.3. The minimum Gasteiger partial charge on any atom is -0.392 e. The van der Waals surface area contributed by atoms with Crippen molar-refractivity contribution in [1.82, 2.24) is 10.6 Å². The molecule has 0 radical (unpaired) electrons. The van der Waals surface area contributed by atoms with Gasteiger partial charge in [0.25, 0.3) is 5.91 Å². The Labute approximate surface area is 128 Å². The maximum Gasteiger partial charge on any atom is 0.313 e. The van der Waals surface area contributed by atoms with Crippen LogP contribution in [0.4, 0.5) is 5.69 Å². The Morgan fingerprint density at radius 1 is 1.23 bits per heavy atom. The Bertz CT molecular complexity index is 570. The molecule has 4 N–H and O–H groups in total. The van der Waals surface area contributed by atoms with Gasteiger partial charge in [0.05, 0.1) is 17.4 Å². The monoisotopic (exact) mass is 305 g/mol. The molecule has 1 aromatic rings. The Morgan fingerprint density at radius 2 is 1.91 bits per heavy atom. The Hall–Kier alpha value is -2.67. The fraction of sp³-hybridized carbons (Fsp3) is 0.267. The van der Waals surface area contributed by atoms with Gasteiger partial charge in [0.1, 0.15) is 0 Å². The SMILES string of the molecule is C=CCNC(=O)c1ccccc1NC(=O)C(=O)NC[C@H](C)O. The summed E-state index contributed by atoms with van der Waals surface area (Å²) in [6.45, 7) is 5.23. The molecule has 0 heterocycles. The molecule has 0 aliphatic rings. The first kappa shape index (κ1) is 17.4. The molecule has 0 saturated carbocycles. The van der Waals surface area contributed by atoms with E-state index in [0.29, 0.717) is 0 Å². The Kier molecular flexibility index (Phi) is 6.78. The number of carbonyl (C=O) groups excluding carboxylic acids is 3. The number of hydrogen-bond acceptors (Lipinski definition) is 4. The molecule has 0 aromatic heterocycles. The van der Waals surface area contributed by atoms with Gasteiger partial charge in [-0.3, -0.25) is 14.4 Å². The van der Waals surface area contributed by atoms with Gasteiger partial charge in [0.2, 0.25) is 0 Å². The van der Waals surface area contributed by atoms with Gasteiger partial charge in [-0.25, -0.2) is 0 Å². The van der Waals surface area contributed by atoms with Crippen molar-refractivity contribution in [3.63, 3.8) is 0 Å². The molecule has 1 rings (SSSR count). The number of aliphatic hydroxyl groups is 1. The molecule has 118 valence electrons. The van der Waals surface area contributed by atoms with E-state index >= 15 is 0 Å². The lowest BCUT2D eigenvalue weighted by molar-refractivity contribution is -0.136. The molecule has 0 aliphatic carbocycles. The van der Waals surface area contributed by atoms with Gasteiger partial charge in [0.15, 0.2) is 0 Å². The lowest BCUT2D eigenvalue weighted by atomic mass is 10.1. The third-order valence-electron chi connectivity index (χ3n) is 2.59. The summed E-state index contributed by atoms with van der Waals surface area (Å²) >= 11 is 0. The van der Waals surface area contributed by atoms with Crippen LogP contribution < -0.4 is 16.0 Å². The molecule has 1 aromatic carbocycles. The Balaban J connectivity index is 2.76. The second-order valence-electron chi connectivity index (χ2n) is 4.56. The predicted molar refractivity (Wildman–Crippen MR) is 82.3 cm³/mol. The van der Waals surface area contributed by atoms with Gasteiger partial charge < -0.3 is 21.1 Å². The van der Waals surface area contributed by atoms with Gasteiger partial charge in [-0.1, -0.05) is 18.2 Å². The maximum atomic E-state index is 11.9. The van der Waals surface area contributed by atoms with E-state index in [-0.39, 0.29) is 30.2 Å². The van der Waals surface area contributed by atoms with Crippen LogP contribution in [0, 0.1) is 0 Å². The van der Waals surface area contributed by atoms with Crippen molar-refractivity contribution in [2.45, 2.75) is 13.0 Å². The predicted octanol–water partition coefficient (Wildman–Crippen LogP) is 0.0379. The first-order chi connectivity index (χ1) is 10.5. The van der Waals surface area contributed by atoms with Crippen LogP contribution in [0.15, 0.2) is 36.9 Å². The number of anilines is 1. The zero-order chi connectivity index (χ0) is 16.5. The smallest absolute Gasteiger partial charge is 0.313 e. The average Bonchev–Trinajstić information content (AvgIpc) is 2.50. The molecule has 0 bridgehead atoms. The van der Waals surface area contributed by atoms with E-state index in [1.807, 2.05) is 0 Å². The highest BCUT2D eigenvalue weighted by atomic mass is 16.3. The summed E-state index contributed by atoms with van der Waals surface area (Å²) in [7, 11) is 0. The van der Waals surface area contributed by atoms with Crippen LogP contribution in [0.2, 0.25) is 0 Å². The van der Waals surface area contributed by atoms with Crippen LogP contribution in [0.25, 0.3) is 0 Å². The number of aliphatic hydroxyl groups excluding tert-OH is 1. The lowest BCUT2D eigenvalue weighted by Crippen LogP contribution is -2.39. The van der Waals surface area contributed by atoms with Crippen molar-refractivity contribution in [3.8, 4) is 0 Å². The largest absolute Gasteiger partial charge is 0.392 e. The fourth-order valence-electron chi connectivity index (χ4n) is 1.55. The van der Waals surface area contributed by atoms with Crippen molar-refractivity contribution >= 4 is 23.4 Å². The minimum absolute atomic E-state index is 0.0340. The van der Waals surface area contributed by atoms with Gasteiger partial charge in [-0.15, -0.1) is 6.58 Å². The number of para-hydroxylation sites is 1. The molecular weight excluding hydrogens is 286 g/mol. The normalized spacial score (nSPS) is 11.2. The van der Waals surface area contributed by atoms with Crippen LogP contribution in [0.3, 0.4) is 0 Å². The highest BCUT2D eigenvalue weighted by Crippen LogP contribution is 2.14. The zero-order valence-corrected chi connectivity index (χ0v) is 12.3. The van der Waals surface area contributed by atoms with Crippen LogP contribution in [-0.4, -0.2) is 42.0 Å². The number of amides is 3. The first-order valence-corrected chi connectivity index (χ1v) is 6.71. The number of nitrogens with one attached hydrogen (secondary N) is 3. The zero-order valence-electron chi connectivity index (χ0n) is 12.3. The van der Waals surface area contributed by atoms with E-state index in [1.54, 1.807) is 12.1 Å². The second kappa shape index (κ2) is 8.58. The Morgan fingerprint density at radius 3 is 2.55 bits per heavy atom. The van der Waals surface area contributed by atoms with E-state index in [1.165, 1.54) is 25.1 Å². The van der Waals surface area contributed by atoms with Gasteiger partial charge in [-0.2, -0.15) is 0 Å². The second-order valence-corrected chi connectivity index (χ2v) is 4.56. The fourth-order valence-corrected chi connectivity index (χ4v) is 1.55. The minimum atomic E-state index is -0.912. The quantitative estimate of drug-likeness (QED) is 0.439. The summed E-state index contributed by atoms with van der Waals surface area (Å²) in [5.41, 5.74) is 0.460. The summed E-state index contributed by atoms with van der Waals surface area (Å²) < 4.78 is 0. The van der Waals surface area contributed by atoms with E-state index in [4.69, 9.17) is 5.11 Å². The molecule has 0 fully saturated rings. The summed E-state index contributed by atoms with van der Waals surface area (Å²) in [6.07, 6.45) is 0.775. The molecule has 0 aliphatic heterocycles. The average molecular weight is 305 g/mol. The highest BCUT2D eigenvalue weighted by Gasteiger charge is 2.17. The van der Waals surface area contributed by atoms with E-state index in [0.717, 1.165) is 0 Å². The van der Waals surface area contributed by atoms with Crippen molar-refractivity contribution < 1.29 is 19.5 Å². The molecule has 0 saturated heterocycles. The van der Waals surface area contributed by atoms with E-state index in [9.17, 15) is 14.4 Å². The number of rotatable bonds is 6. The first-order valence-electron chi connectivity index (χ1n) is 6.71. The lowest BCUT2D eigenvalue weighted by Gasteiger charge is -2.11. The molecule has 0 spiro atoms. The van der Waals surface area contributed by atoms with Crippen LogP contribution in [0.5, 0.6) is 0 Å². The van der Waals surface area contributed by atoms with Crippen molar-refractivity contribution in [1.29, 1.82) is 0 Å². The number of benzene rings is 1. The third-order valence-corrected chi connectivity index (χ3v) is 2.59. The van der Waals surface area contributed by atoms with Crippen molar-refractivity contribution in [3.05, 3.63) is 42.5 Å². The highest BCUT2D eigenvalue weighted by molar-refractivity contribution is 6.40. The van der Waals surface area contributed by atoms with E-state index < -0.39 is 17.9 Å². The number of carbonyl (C=O) groups is 3. The van der Waals surface area contributed by atoms with Crippen LogP contribution in [0.1, 0.15) is 17.3 Å². The standard InChI is InChI=1S/C15H19N3O4/c1-3-8-16-13(20)11-6-4-5-7-12(11)18-15(22)14(21)17-9-10(2)19/h3-7,10,19H,1,8-9H2,2H3,(H,16,20)(H,17,21)(H,18,22)/t10-/m0/s1. The summed E-state index contributed by atoms with van der Waals surface area (Å²) in [4.78, 5) is 35.3. The van der Waals surface area contributed by atoms with Gasteiger partial charge in [0, 0.05) is 13.1 Å². The van der Waals surface area contributed by atoms with Crippen LogP contribution >= 0.6 is 0 Å². The topological polar surface area (TPSA) is 108 Å². The molecular formula is C15H19N3O4. The van der Waals surface area contributed by atoms with Crippen molar-refractivity contribution in [2.24, 2.45) is 0 Å². The number of hydrogen-bond donors (Lipinski definition) is 4. The van der Waals surface area contributed by atoms with Crippen molar-refractivity contribution in [2.75, 3.05) is 18.4 Å². The molecule has 0 unspecified atom stereocenters. The van der Waals surface area contributed by atoms with Gasteiger partial charge >= 0.3 is 11.8 Å². The third kappa shape index (κ3) is 5.37. The van der Waals surface area contributed by atoms with Crippen LogP contribution in [-0.2, 0) is 9.59 Å².